The van der Waals surface area contributed by atoms with E-state index in [0.717, 1.165) is 27.4 Å². The molecule has 0 unspecified atom stereocenters. The maximum Gasteiger partial charge on any atom is 0.264 e. The van der Waals surface area contributed by atoms with E-state index in [9.17, 15) is 18.0 Å². The van der Waals surface area contributed by atoms with Crippen molar-refractivity contribution in [1.82, 2.24) is 10.2 Å². The van der Waals surface area contributed by atoms with Crippen molar-refractivity contribution in [3.63, 3.8) is 0 Å². The minimum atomic E-state index is -4.12. The summed E-state index contributed by atoms with van der Waals surface area (Å²) in [6.45, 7) is 10.7. The monoisotopic (exact) mass is 579 g/mol. The van der Waals surface area contributed by atoms with Crippen LogP contribution in [0.1, 0.15) is 49.4 Å². The molecule has 41 heavy (non-hydrogen) atoms. The van der Waals surface area contributed by atoms with Gasteiger partial charge < -0.3 is 15.0 Å². The van der Waals surface area contributed by atoms with Gasteiger partial charge in [-0.3, -0.25) is 13.9 Å². The van der Waals surface area contributed by atoms with Gasteiger partial charge in [-0.05, 0) is 88.1 Å². The van der Waals surface area contributed by atoms with E-state index in [0.29, 0.717) is 17.0 Å². The molecule has 3 aromatic carbocycles. The lowest BCUT2D eigenvalue weighted by molar-refractivity contribution is -0.139. The van der Waals surface area contributed by atoms with Gasteiger partial charge in [0.25, 0.3) is 10.0 Å². The fourth-order valence-corrected chi connectivity index (χ4v) is 5.79. The molecule has 0 aromatic heterocycles. The van der Waals surface area contributed by atoms with Gasteiger partial charge in [-0.25, -0.2) is 8.42 Å². The standard InChI is InChI=1S/C32H41N3O5S/c1-8-25(5)33-32(37)26(6)34(20-27-13-15-28(40-7)16-14-27)31(36)21-35(30-19-23(3)9-12-24(30)4)41(38,39)29-17-10-22(2)11-18-29/h9-19,25-26H,8,20-21H2,1-7H3,(H,33,37)/t25-,26-/m0/s1. The number of nitrogens with zero attached hydrogens (tertiary/aromatic N) is 2. The van der Waals surface area contributed by atoms with E-state index < -0.39 is 28.5 Å². The Morgan fingerprint density at radius 1 is 0.902 bits per heavy atom. The van der Waals surface area contributed by atoms with Crippen LogP contribution >= 0.6 is 0 Å². The van der Waals surface area contributed by atoms with Crippen molar-refractivity contribution >= 4 is 27.5 Å². The molecule has 220 valence electrons. The average Bonchev–Trinajstić information content (AvgIpc) is 2.95. The zero-order chi connectivity index (χ0) is 30.3. The molecule has 3 aromatic rings. The molecule has 2 atom stereocenters. The van der Waals surface area contributed by atoms with Crippen LogP contribution in [0.25, 0.3) is 0 Å². The SMILES string of the molecule is CC[C@H](C)NC(=O)[C@H](C)N(Cc1ccc(OC)cc1)C(=O)CN(c1cc(C)ccc1C)S(=O)(=O)c1ccc(C)cc1. The van der Waals surface area contributed by atoms with E-state index in [1.165, 1.54) is 4.90 Å². The molecule has 0 aliphatic rings. The summed E-state index contributed by atoms with van der Waals surface area (Å²) >= 11 is 0. The second-order valence-corrected chi connectivity index (χ2v) is 12.3. The number of aryl methyl sites for hydroxylation is 3. The maximum absolute atomic E-state index is 14.1. The molecule has 0 spiro atoms. The number of anilines is 1. The Morgan fingerprint density at radius 2 is 1.51 bits per heavy atom. The number of methoxy groups -OCH3 is 1. The van der Waals surface area contributed by atoms with Crippen molar-refractivity contribution in [3.8, 4) is 5.75 Å². The summed E-state index contributed by atoms with van der Waals surface area (Å²) in [5, 5.41) is 2.95. The molecule has 0 saturated carbocycles. The van der Waals surface area contributed by atoms with E-state index >= 15 is 0 Å². The van der Waals surface area contributed by atoms with Crippen molar-refractivity contribution < 1.29 is 22.7 Å². The Hall–Kier alpha value is -3.85. The van der Waals surface area contributed by atoms with Crippen LogP contribution in [0.4, 0.5) is 5.69 Å². The second-order valence-electron chi connectivity index (χ2n) is 10.5. The summed E-state index contributed by atoms with van der Waals surface area (Å²) in [5.41, 5.74) is 3.69. The lowest BCUT2D eigenvalue weighted by Crippen LogP contribution is -2.52. The predicted octanol–water partition coefficient (Wildman–Crippen LogP) is 5.15. The van der Waals surface area contributed by atoms with E-state index in [-0.39, 0.29) is 23.4 Å². The number of carbonyl (C=O) groups is 2. The van der Waals surface area contributed by atoms with Gasteiger partial charge in [-0.1, -0.05) is 48.9 Å². The first kappa shape index (κ1) is 31.7. The molecular weight excluding hydrogens is 538 g/mol. The predicted molar refractivity (Wildman–Crippen MR) is 163 cm³/mol. The number of hydrogen-bond donors (Lipinski definition) is 1. The van der Waals surface area contributed by atoms with Crippen molar-refractivity contribution in [2.45, 2.75) is 71.5 Å². The molecule has 0 fully saturated rings. The fourth-order valence-electron chi connectivity index (χ4n) is 4.31. The lowest BCUT2D eigenvalue weighted by Gasteiger charge is -2.33. The number of amides is 2. The van der Waals surface area contributed by atoms with Gasteiger partial charge in [-0.2, -0.15) is 0 Å². The Bertz CT molecular complexity index is 1450. The van der Waals surface area contributed by atoms with E-state index in [1.807, 2.05) is 58.9 Å². The van der Waals surface area contributed by atoms with Crippen molar-refractivity contribution in [2.75, 3.05) is 18.0 Å². The molecule has 0 aliphatic carbocycles. The third-order valence-corrected chi connectivity index (χ3v) is 8.98. The number of carbonyl (C=O) groups excluding carboxylic acids is 2. The first-order chi connectivity index (χ1) is 19.4. The number of rotatable bonds is 12. The van der Waals surface area contributed by atoms with Crippen molar-refractivity contribution in [2.24, 2.45) is 0 Å². The van der Waals surface area contributed by atoms with Crippen LogP contribution in [0, 0.1) is 20.8 Å². The number of ether oxygens (including phenoxy) is 1. The summed E-state index contributed by atoms with van der Waals surface area (Å²) in [6.07, 6.45) is 0.736. The molecule has 0 saturated heterocycles. The number of nitrogens with one attached hydrogen (secondary N) is 1. The minimum absolute atomic E-state index is 0.0729. The molecule has 0 heterocycles. The molecule has 1 N–H and O–H groups in total. The summed E-state index contributed by atoms with van der Waals surface area (Å²) in [4.78, 5) is 28.8. The third-order valence-electron chi connectivity index (χ3n) is 7.20. The van der Waals surface area contributed by atoms with Gasteiger partial charge >= 0.3 is 0 Å². The summed E-state index contributed by atoms with van der Waals surface area (Å²) in [5.74, 6) is -0.135. The molecule has 3 rings (SSSR count). The molecule has 0 bridgehead atoms. The van der Waals surface area contributed by atoms with E-state index in [1.54, 1.807) is 56.5 Å². The topological polar surface area (TPSA) is 96.0 Å². The lowest BCUT2D eigenvalue weighted by atomic mass is 10.1. The zero-order valence-electron chi connectivity index (χ0n) is 25.0. The average molecular weight is 580 g/mol. The Labute approximate surface area is 244 Å². The van der Waals surface area contributed by atoms with Gasteiger partial charge in [0.15, 0.2) is 0 Å². The zero-order valence-corrected chi connectivity index (χ0v) is 25.8. The highest BCUT2D eigenvalue weighted by atomic mass is 32.2. The van der Waals surface area contributed by atoms with Crippen molar-refractivity contribution in [3.05, 3.63) is 89.0 Å². The van der Waals surface area contributed by atoms with Gasteiger partial charge in [0.05, 0.1) is 17.7 Å². The molecule has 0 aliphatic heterocycles. The Kier molecular flexibility index (Phi) is 10.6. The summed E-state index contributed by atoms with van der Waals surface area (Å²) in [6, 6.07) is 18.3. The Morgan fingerprint density at radius 3 is 2.10 bits per heavy atom. The minimum Gasteiger partial charge on any atom is -0.497 e. The van der Waals surface area contributed by atoms with Crippen LogP contribution in [0.15, 0.2) is 71.6 Å². The summed E-state index contributed by atoms with van der Waals surface area (Å²) < 4.78 is 34.5. The van der Waals surface area contributed by atoms with Crippen LogP contribution in [0.5, 0.6) is 5.75 Å². The van der Waals surface area contributed by atoms with Crippen LogP contribution in [-0.2, 0) is 26.2 Å². The smallest absolute Gasteiger partial charge is 0.264 e. The quantitative estimate of drug-likeness (QED) is 0.320. The van der Waals surface area contributed by atoms with E-state index in [2.05, 4.69) is 5.32 Å². The highest BCUT2D eigenvalue weighted by Crippen LogP contribution is 2.29. The number of benzene rings is 3. The molecule has 2 amide bonds. The molecule has 9 heteroatoms. The van der Waals surface area contributed by atoms with Crippen molar-refractivity contribution in [1.29, 1.82) is 0 Å². The van der Waals surface area contributed by atoms with Crippen LogP contribution in [-0.4, -0.2) is 50.9 Å². The maximum atomic E-state index is 14.1. The highest BCUT2D eigenvalue weighted by Gasteiger charge is 2.33. The Balaban J connectivity index is 2.06. The van der Waals surface area contributed by atoms with Crippen LogP contribution in [0.2, 0.25) is 0 Å². The normalized spacial score (nSPS) is 12.8. The van der Waals surface area contributed by atoms with Gasteiger partial charge in [0, 0.05) is 12.6 Å². The van der Waals surface area contributed by atoms with Crippen LogP contribution in [0.3, 0.4) is 0 Å². The third kappa shape index (κ3) is 7.88. The second kappa shape index (κ2) is 13.7. The molecular formula is C32H41N3O5S. The molecule has 0 radical (unpaired) electrons. The van der Waals surface area contributed by atoms with Gasteiger partial charge in [0.1, 0.15) is 18.3 Å². The van der Waals surface area contributed by atoms with Gasteiger partial charge in [-0.15, -0.1) is 0 Å². The largest absolute Gasteiger partial charge is 0.497 e. The molecule has 8 nitrogen and oxygen atoms in total. The van der Waals surface area contributed by atoms with Gasteiger partial charge in [0.2, 0.25) is 11.8 Å². The number of hydrogen-bond acceptors (Lipinski definition) is 5. The highest BCUT2D eigenvalue weighted by molar-refractivity contribution is 7.92. The number of sulfonamides is 1. The fraction of sp³-hybridized carbons (Fsp3) is 0.375. The van der Waals surface area contributed by atoms with Crippen LogP contribution < -0.4 is 14.4 Å². The first-order valence-corrected chi connectivity index (χ1v) is 15.2. The van der Waals surface area contributed by atoms with E-state index in [4.69, 9.17) is 4.74 Å². The summed E-state index contributed by atoms with van der Waals surface area (Å²) in [7, 11) is -2.55. The first-order valence-electron chi connectivity index (χ1n) is 13.8.